The molecule has 3 heteroatoms. The van der Waals surface area contributed by atoms with E-state index in [1.54, 1.807) is 6.20 Å². The van der Waals surface area contributed by atoms with Crippen LogP contribution in [-0.2, 0) is 12.8 Å². The van der Waals surface area contributed by atoms with Crippen LogP contribution in [0.25, 0.3) is 0 Å². The van der Waals surface area contributed by atoms with Crippen molar-refractivity contribution < 1.29 is 9.90 Å². The molecule has 1 unspecified atom stereocenters. The van der Waals surface area contributed by atoms with Crippen LogP contribution in [0.1, 0.15) is 39.9 Å². The van der Waals surface area contributed by atoms with Crippen molar-refractivity contribution in [2.75, 3.05) is 0 Å². The number of aryl methyl sites for hydroxylation is 2. The molecule has 0 saturated heterocycles. The van der Waals surface area contributed by atoms with Crippen molar-refractivity contribution >= 4 is 5.78 Å². The van der Waals surface area contributed by atoms with Crippen molar-refractivity contribution in [3.63, 3.8) is 0 Å². The Morgan fingerprint density at radius 3 is 2.12 bits per heavy atom. The van der Waals surface area contributed by atoms with Crippen LogP contribution >= 0.6 is 0 Å². The Bertz CT molecular complexity index is 814. The molecule has 2 aromatic carbocycles. The number of nitrogens with zero attached hydrogens (tertiary/aromatic N) is 1. The van der Waals surface area contributed by atoms with Gasteiger partial charge in [-0.3, -0.25) is 9.78 Å². The molecule has 1 aromatic heterocycles. The summed E-state index contributed by atoms with van der Waals surface area (Å²) in [4.78, 5) is 16.5. The molecular formula is C23H23NO2. The van der Waals surface area contributed by atoms with E-state index in [4.69, 9.17) is 0 Å². The second-order valence-corrected chi connectivity index (χ2v) is 6.48. The topological polar surface area (TPSA) is 50.2 Å². The quantitative estimate of drug-likeness (QED) is 0.621. The fraction of sp³-hybridized carbons (Fsp3) is 0.217. The third-order valence-electron chi connectivity index (χ3n) is 4.51. The molecule has 0 bridgehead atoms. The van der Waals surface area contributed by atoms with Crippen molar-refractivity contribution in [3.05, 3.63) is 101 Å². The van der Waals surface area contributed by atoms with Gasteiger partial charge in [0.05, 0.1) is 6.10 Å². The van der Waals surface area contributed by atoms with Crippen molar-refractivity contribution in [3.8, 4) is 0 Å². The van der Waals surface area contributed by atoms with Gasteiger partial charge in [-0.15, -0.1) is 0 Å². The Morgan fingerprint density at radius 1 is 0.808 bits per heavy atom. The number of benzene rings is 2. The normalized spacial score (nSPS) is 11.9. The fourth-order valence-corrected chi connectivity index (χ4v) is 2.94. The lowest BCUT2D eigenvalue weighted by atomic mass is 9.99. The van der Waals surface area contributed by atoms with Gasteiger partial charge in [0, 0.05) is 23.5 Å². The van der Waals surface area contributed by atoms with Gasteiger partial charge in [-0.1, -0.05) is 60.7 Å². The molecule has 1 N–H and O–H groups in total. The maximum absolute atomic E-state index is 12.4. The lowest BCUT2D eigenvalue weighted by Crippen LogP contribution is -2.09. The van der Waals surface area contributed by atoms with Gasteiger partial charge < -0.3 is 5.11 Å². The minimum absolute atomic E-state index is 0.0358. The lowest BCUT2D eigenvalue weighted by Gasteiger charge is -2.11. The van der Waals surface area contributed by atoms with Crippen molar-refractivity contribution in [1.29, 1.82) is 0 Å². The summed E-state index contributed by atoms with van der Waals surface area (Å²) in [5.74, 6) is 0.0358. The van der Waals surface area contributed by atoms with Crippen molar-refractivity contribution in [1.82, 2.24) is 4.98 Å². The summed E-state index contributed by atoms with van der Waals surface area (Å²) in [6, 6.07) is 20.9. The Morgan fingerprint density at radius 2 is 1.46 bits per heavy atom. The predicted molar refractivity (Wildman–Crippen MR) is 103 cm³/mol. The first-order chi connectivity index (χ1) is 12.7. The monoisotopic (exact) mass is 345 g/mol. The highest BCUT2D eigenvalue weighted by Crippen LogP contribution is 2.14. The largest absolute Gasteiger partial charge is 0.393 e. The Kier molecular flexibility index (Phi) is 6.29. The third-order valence-corrected chi connectivity index (χ3v) is 4.51. The molecular weight excluding hydrogens is 322 g/mol. The smallest absolute Gasteiger partial charge is 0.193 e. The number of hydrogen-bond acceptors (Lipinski definition) is 3. The number of pyridine rings is 1. The molecule has 0 spiro atoms. The van der Waals surface area contributed by atoms with Crippen LogP contribution in [0.2, 0.25) is 0 Å². The molecule has 132 valence electrons. The maximum Gasteiger partial charge on any atom is 0.193 e. The molecule has 3 rings (SSSR count). The van der Waals surface area contributed by atoms with Gasteiger partial charge in [0.15, 0.2) is 5.78 Å². The summed E-state index contributed by atoms with van der Waals surface area (Å²) in [6.45, 7) is 0. The lowest BCUT2D eigenvalue weighted by molar-refractivity contribution is 0.103. The average molecular weight is 345 g/mol. The van der Waals surface area contributed by atoms with Gasteiger partial charge in [-0.25, -0.2) is 0 Å². The summed E-state index contributed by atoms with van der Waals surface area (Å²) in [5.41, 5.74) is 3.67. The molecule has 0 amide bonds. The first-order valence-electron chi connectivity index (χ1n) is 8.98. The number of aliphatic hydroxyl groups is 1. The summed E-state index contributed by atoms with van der Waals surface area (Å²) in [7, 11) is 0. The minimum atomic E-state index is -0.333. The first kappa shape index (κ1) is 18.0. The third kappa shape index (κ3) is 5.11. The van der Waals surface area contributed by atoms with E-state index in [9.17, 15) is 9.90 Å². The Labute approximate surface area is 154 Å². The van der Waals surface area contributed by atoms with E-state index in [0.717, 1.165) is 30.4 Å². The average Bonchev–Trinajstić information content (AvgIpc) is 2.72. The van der Waals surface area contributed by atoms with Crippen molar-refractivity contribution in [2.45, 2.75) is 31.8 Å². The SMILES string of the molecule is O=C(c1ccccc1)c1ccc(CCC(O)CCc2cccnc2)cc1. The molecule has 0 fully saturated rings. The Balaban J connectivity index is 1.49. The van der Waals surface area contributed by atoms with Gasteiger partial charge >= 0.3 is 0 Å². The number of aromatic nitrogens is 1. The number of ketones is 1. The molecule has 1 heterocycles. The number of rotatable bonds is 8. The molecule has 26 heavy (non-hydrogen) atoms. The highest BCUT2D eigenvalue weighted by atomic mass is 16.3. The highest BCUT2D eigenvalue weighted by Gasteiger charge is 2.09. The minimum Gasteiger partial charge on any atom is -0.393 e. The molecule has 0 aliphatic rings. The van der Waals surface area contributed by atoms with E-state index in [2.05, 4.69) is 4.98 Å². The van der Waals surface area contributed by atoms with E-state index in [-0.39, 0.29) is 11.9 Å². The standard InChI is InChI=1S/C23H23NO2/c25-22(15-11-19-5-4-16-24-17-19)14-10-18-8-12-21(13-9-18)23(26)20-6-2-1-3-7-20/h1-9,12-13,16-17,22,25H,10-11,14-15H2. The molecule has 1 atom stereocenters. The van der Waals surface area contributed by atoms with Crippen LogP contribution < -0.4 is 0 Å². The zero-order chi connectivity index (χ0) is 18.2. The van der Waals surface area contributed by atoms with Gasteiger partial charge in [0.25, 0.3) is 0 Å². The Hall–Kier alpha value is -2.78. The van der Waals surface area contributed by atoms with E-state index < -0.39 is 0 Å². The van der Waals surface area contributed by atoms with Gasteiger partial charge in [0.2, 0.25) is 0 Å². The number of carbonyl (C=O) groups excluding carboxylic acids is 1. The van der Waals surface area contributed by atoms with Gasteiger partial charge in [-0.2, -0.15) is 0 Å². The zero-order valence-electron chi connectivity index (χ0n) is 14.7. The molecule has 0 aliphatic heterocycles. The van der Waals surface area contributed by atoms with Crippen LogP contribution in [-0.4, -0.2) is 22.0 Å². The molecule has 3 aromatic rings. The number of hydrogen-bond donors (Lipinski definition) is 1. The van der Waals surface area contributed by atoms with Crippen LogP contribution in [0.3, 0.4) is 0 Å². The first-order valence-corrected chi connectivity index (χ1v) is 8.98. The van der Waals surface area contributed by atoms with Crippen LogP contribution in [0.4, 0.5) is 0 Å². The maximum atomic E-state index is 12.4. The second kappa shape index (κ2) is 9.07. The summed E-state index contributed by atoms with van der Waals surface area (Å²) in [6.07, 6.45) is 6.35. The van der Waals surface area contributed by atoms with E-state index in [0.29, 0.717) is 17.5 Å². The van der Waals surface area contributed by atoms with E-state index in [1.165, 1.54) is 0 Å². The molecule has 0 saturated carbocycles. The molecule has 0 aliphatic carbocycles. The second-order valence-electron chi connectivity index (χ2n) is 6.48. The van der Waals surface area contributed by atoms with Gasteiger partial charge in [-0.05, 0) is 42.9 Å². The molecule has 3 nitrogen and oxygen atoms in total. The summed E-state index contributed by atoms with van der Waals surface area (Å²) < 4.78 is 0. The summed E-state index contributed by atoms with van der Waals surface area (Å²) in [5, 5.41) is 10.2. The zero-order valence-corrected chi connectivity index (χ0v) is 14.7. The number of aliphatic hydroxyl groups excluding tert-OH is 1. The van der Waals surface area contributed by atoms with E-state index >= 15 is 0 Å². The molecule has 0 radical (unpaired) electrons. The highest BCUT2D eigenvalue weighted by molar-refractivity contribution is 6.08. The predicted octanol–water partition coefficient (Wildman–Crippen LogP) is 4.24. The van der Waals surface area contributed by atoms with E-state index in [1.807, 2.05) is 72.9 Å². The van der Waals surface area contributed by atoms with Crippen LogP contribution in [0, 0.1) is 0 Å². The van der Waals surface area contributed by atoms with Crippen LogP contribution in [0.5, 0.6) is 0 Å². The number of carbonyl (C=O) groups is 1. The van der Waals surface area contributed by atoms with Crippen molar-refractivity contribution in [2.24, 2.45) is 0 Å². The van der Waals surface area contributed by atoms with Gasteiger partial charge in [0.1, 0.15) is 0 Å². The van der Waals surface area contributed by atoms with Crippen LogP contribution in [0.15, 0.2) is 79.1 Å². The fourth-order valence-electron chi connectivity index (χ4n) is 2.94. The summed E-state index contributed by atoms with van der Waals surface area (Å²) >= 11 is 0.